The van der Waals surface area contributed by atoms with Gasteiger partial charge in [-0.05, 0) is 56.2 Å². The molecule has 6 nitrogen and oxygen atoms in total. The van der Waals surface area contributed by atoms with Gasteiger partial charge in [-0.25, -0.2) is 8.42 Å². The summed E-state index contributed by atoms with van der Waals surface area (Å²) < 4.78 is 34.6. The Kier molecular flexibility index (Phi) is 8.08. The quantitative estimate of drug-likeness (QED) is 0.309. The molecule has 0 aliphatic carbocycles. The highest BCUT2D eigenvalue weighted by Gasteiger charge is 2.39. The van der Waals surface area contributed by atoms with Crippen LogP contribution in [0, 0.1) is 0 Å². The summed E-state index contributed by atoms with van der Waals surface area (Å²) in [6, 6.07) is 20.4. The Morgan fingerprint density at radius 1 is 0.943 bits per heavy atom. The van der Waals surface area contributed by atoms with Crippen LogP contribution in [-0.2, 0) is 26.0 Å². The van der Waals surface area contributed by atoms with Crippen molar-refractivity contribution in [1.82, 2.24) is 4.31 Å². The number of carbonyl (C=O) groups is 1. The van der Waals surface area contributed by atoms with Crippen molar-refractivity contribution in [2.45, 2.75) is 49.5 Å². The molecule has 0 spiro atoms. The predicted octanol–water partition coefficient (Wildman–Crippen LogP) is 5.02. The van der Waals surface area contributed by atoms with Crippen LogP contribution in [0.25, 0.3) is 10.8 Å². The molecule has 7 heteroatoms. The number of esters is 1. The molecule has 1 fully saturated rings. The summed E-state index contributed by atoms with van der Waals surface area (Å²) >= 11 is 0. The highest BCUT2D eigenvalue weighted by Crippen LogP contribution is 2.34. The first-order valence-corrected chi connectivity index (χ1v) is 13.7. The van der Waals surface area contributed by atoms with Gasteiger partial charge in [0.25, 0.3) is 0 Å². The van der Waals surface area contributed by atoms with Crippen LogP contribution in [-0.4, -0.2) is 52.0 Å². The lowest BCUT2D eigenvalue weighted by atomic mass is 10.1. The van der Waals surface area contributed by atoms with Crippen molar-refractivity contribution >= 4 is 32.5 Å². The molecular weight excluding hydrogens is 460 g/mol. The fourth-order valence-corrected chi connectivity index (χ4v) is 6.63. The van der Waals surface area contributed by atoms with Crippen LogP contribution in [0.4, 0.5) is 5.69 Å². The third kappa shape index (κ3) is 5.68. The molecule has 1 saturated heterocycles. The number of unbranched alkanes of at least 4 members (excludes halogenated alkanes) is 1. The van der Waals surface area contributed by atoms with Crippen molar-refractivity contribution < 1.29 is 17.9 Å². The van der Waals surface area contributed by atoms with Gasteiger partial charge in [0, 0.05) is 37.1 Å². The first kappa shape index (κ1) is 25.2. The first-order valence-electron chi connectivity index (χ1n) is 12.3. The highest BCUT2D eigenvalue weighted by molar-refractivity contribution is 7.89. The summed E-state index contributed by atoms with van der Waals surface area (Å²) in [6.07, 6.45) is 4.60. The molecule has 3 aromatic rings. The van der Waals surface area contributed by atoms with E-state index in [2.05, 4.69) is 12.1 Å². The van der Waals surface area contributed by atoms with Gasteiger partial charge in [-0.3, -0.25) is 4.79 Å². The average molecular weight is 495 g/mol. The number of benzene rings is 3. The Bertz CT molecular complexity index is 1260. The molecule has 186 valence electrons. The van der Waals surface area contributed by atoms with E-state index in [-0.39, 0.29) is 4.90 Å². The molecule has 1 aliphatic heterocycles. The second kappa shape index (κ2) is 11.2. The van der Waals surface area contributed by atoms with Gasteiger partial charge in [-0.1, -0.05) is 54.6 Å². The van der Waals surface area contributed by atoms with E-state index in [1.807, 2.05) is 61.5 Å². The number of fused-ring (bicyclic) bond motifs is 1. The van der Waals surface area contributed by atoms with E-state index in [0.29, 0.717) is 25.0 Å². The molecule has 1 unspecified atom stereocenters. The number of hydrogen-bond acceptors (Lipinski definition) is 5. The minimum atomic E-state index is -3.88. The summed E-state index contributed by atoms with van der Waals surface area (Å²) in [5.41, 5.74) is 2.21. The van der Waals surface area contributed by atoms with Gasteiger partial charge >= 0.3 is 5.97 Å². The van der Waals surface area contributed by atoms with Gasteiger partial charge in [-0.2, -0.15) is 4.31 Å². The third-order valence-corrected chi connectivity index (χ3v) is 8.57. The van der Waals surface area contributed by atoms with Crippen LogP contribution in [0.15, 0.2) is 71.6 Å². The number of rotatable bonds is 9. The Morgan fingerprint density at radius 3 is 2.46 bits per heavy atom. The maximum atomic E-state index is 13.8. The van der Waals surface area contributed by atoms with E-state index in [1.165, 1.54) is 9.87 Å². The largest absolute Gasteiger partial charge is 0.464 e. The van der Waals surface area contributed by atoms with Gasteiger partial charge in [-0.15, -0.1) is 0 Å². The molecule has 0 saturated carbocycles. The smallest absolute Gasteiger partial charge is 0.324 e. The number of anilines is 1. The topological polar surface area (TPSA) is 66.9 Å². The van der Waals surface area contributed by atoms with Gasteiger partial charge in [0.05, 0.1) is 11.5 Å². The highest BCUT2D eigenvalue weighted by atomic mass is 32.2. The predicted molar refractivity (Wildman–Crippen MR) is 140 cm³/mol. The molecule has 1 aliphatic rings. The molecule has 0 amide bonds. The summed E-state index contributed by atoms with van der Waals surface area (Å²) in [4.78, 5) is 15.2. The lowest BCUT2D eigenvalue weighted by molar-refractivity contribution is -0.149. The van der Waals surface area contributed by atoms with Crippen LogP contribution < -0.4 is 4.90 Å². The van der Waals surface area contributed by atoms with E-state index in [1.54, 1.807) is 12.1 Å². The summed E-state index contributed by atoms with van der Waals surface area (Å²) in [5, 5.41) is 1.53. The van der Waals surface area contributed by atoms with Gasteiger partial charge in [0.1, 0.15) is 6.04 Å². The minimum absolute atomic E-state index is 0.237. The van der Waals surface area contributed by atoms with Crippen LogP contribution in [0.1, 0.15) is 37.7 Å². The lowest BCUT2D eigenvalue weighted by Gasteiger charge is -2.33. The molecule has 1 atom stereocenters. The van der Waals surface area contributed by atoms with E-state index in [4.69, 9.17) is 4.74 Å². The molecule has 0 bridgehead atoms. The number of sulfonamides is 1. The van der Waals surface area contributed by atoms with Crippen molar-refractivity contribution in [3.05, 3.63) is 72.3 Å². The van der Waals surface area contributed by atoms with E-state index < -0.39 is 22.0 Å². The molecular formula is C28H34N2O4S. The van der Waals surface area contributed by atoms with Crippen LogP contribution >= 0.6 is 0 Å². The van der Waals surface area contributed by atoms with E-state index in [0.717, 1.165) is 43.2 Å². The SMILES string of the molecule is CN(C)c1cccc2c(S(=O)(=O)N3CCCCC3C(=O)OCCCCc3ccccc3)cccc12. The van der Waals surface area contributed by atoms with E-state index >= 15 is 0 Å². The summed E-state index contributed by atoms with van der Waals surface area (Å²) in [7, 11) is -0.00863. The molecule has 0 N–H and O–H groups in total. The van der Waals surface area contributed by atoms with Crippen molar-refractivity contribution in [3.8, 4) is 0 Å². The molecule has 0 radical (unpaired) electrons. The number of aryl methyl sites for hydroxylation is 1. The number of ether oxygens (including phenoxy) is 1. The number of hydrogen-bond donors (Lipinski definition) is 0. The minimum Gasteiger partial charge on any atom is -0.464 e. The number of piperidine rings is 1. The third-order valence-electron chi connectivity index (χ3n) is 6.60. The fraction of sp³-hybridized carbons (Fsp3) is 0.393. The molecule has 1 heterocycles. The molecule has 4 rings (SSSR count). The zero-order valence-electron chi connectivity index (χ0n) is 20.5. The Hall–Kier alpha value is -2.90. The van der Waals surface area contributed by atoms with Gasteiger partial charge in [0.15, 0.2) is 0 Å². The Morgan fingerprint density at radius 2 is 1.69 bits per heavy atom. The maximum Gasteiger partial charge on any atom is 0.324 e. The number of carbonyl (C=O) groups excluding carboxylic acids is 1. The summed E-state index contributed by atoms with van der Waals surface area (Å²) in [6.45, 7) is 0.621. The molecule has 35 heavy (non-hydrogen) atoms. The normalized spacial score (nSPS) is 16.8. The monoisotopic (exact) mass is 494 g/mol. The van der Waals surface area contributed by atoms with Gasteiger partial charge < -0.3 is 9.64 Å². The molecule has 0 aromatic heterocycles. The lowest BCUT2D eigenvalue weighted by Crippen LogP contribution is -2.48. The van der Waals surface area contributed by atoms with Crippen molar-refractivity contribution in [2.24, 2.45) is 0 Å². The summed E-state index contributed by atoms with van der Waals surface area (Å²) in [5.74, 6) is -0.442. The number of nitrogens with zero attached hydrogens (tertiary/aromatic N) is 2. The van der Waals surface area contributed by atoms with Crippen LogP contribution in [0.5, 0.6) is 0 Å². The standard InChI is InChI=1S/C28H34N2O4S/c1-29(2)25-18-10-16-24-23(25)15-11-19-27(24)35(32,33)30-20-8-6-17-26(30)28(31)34-21-9-7-14-22-12-4-3-5-13-22/h3-5,10-13,15-16,18-19,26H,6-9,14,17,20-21H2,1-2H3. The second-order valence-corrected chi connectivity index (χ2v) is 11.1. The fourth-order valence-electron chi connectivity index (χ4n) is 4.78. The van der Waals surface area contributed by atoms with Crippen LogP contribution in [0.3, 0.4) is 0 Å². The molecule has 3 aromatic carbocycles. The zero-order valence-corrected chi connectivity index (χ0v) is 21.3. The second-order valence-electron chi connectivity index (χ2n) is 9.26. The first-order chi connectivity index (χ1) is 16.9. The Balaban J connectivity index is 1.48. The van der Waals surface area contributed by atoms with Crippen molar-refractivity contribution in [3.63, 3.8) is 0 Å². The van der Waals surface area contributed by atoms with Crippen LogP contribution in [0.2, 0.25) is 0 Å². The average Bonchev–Trinajstić information content (AvgIpc) is 2.88. The van der Waals surface area contributed by atoms with Crippen molar-refractivity contribution in [1.29, 1.82) is 0 Å². The zero-order chi connectivity index (χ0) is 24.8. The van der Waals surface area contributed by atoms with E-state index in [9.17, 15) is 13.2 Å². The van der Waals surface area contributed by atoms with Crippen molar-refractivity contribution in [2.75, 3.05) is 32.1 Å². The maximum absolute atomic E-state index is 13.8. The Labute approximate surface area is 208 Å². The van der Waals surface area contributed by atoms with Gasteiger partial charge in [0.2, 0.25) is 10.0 Å².